The molecule has 1 aliphatic rings. The van der Waals surface area contributed by atoms with Gasteiger partial charge in [0, 0.05) is 10.7 Å². The van der Waals surface area contributed by atoms with Gasteiger partial charge in [-0.15, -0.1) is 0 Å². The summed E-state index contributed by atoms with van der Waals surface area (Å²) >= 11 is 5.62. The third-order valence-corrected chi connectivity index (χ3v) is 2.79. The molecule has 0 radical (unpaired) electrons. The summed E-state index contributed by atoms with van der Waals surface area (Å²) in [7, 11) is 0. The third-order valence-electron chi connectivity index (χ3n) is 2.57. The van der Waals surface area contributed by atoms with Crippen LogP contribution in [0.4, 0.5) is 10.1 Å². The average molecular weight is 258 g/mol. The van der Waals surface area contributed by atoms with Crippen LogP contribution in [0.5, 0.6) is 0 Å². The molecule has 0 aromatic heterocycles. The fourth-order valence-electron chi connectivity index (χ4n) is 1.62. The molecule has 0 unspecified atom stereocenters. The van der Waals surface area contributed by atoms with Gasteiger partial charge in [-0.2, -0.15) is 0 Å². The summed E-state index contributed by atoms with van der Waals surface area (Å²) in [5.74, 6) is -3.12. The lowest BCUT2D eigenvalue weighted by Gasteiger charge is -2.05. The average Bonchev–Trinajstić information content (AvgIpc) is 2.94. The standard InChI is InChI=1S/C11H9ClFNO3/c12-5-1-6(13)3-7(2-5)14-10(15)8-4-9(8)11(16)17/h1-3,8-9H,4H2,(H,14,15)(H,16,17)/t8-,9+/m1/s1. The molecule has 0 heterocycles. The van der Waals surface area contributed by atoms with Crippen molar-refractivity contribution in [2.24, 2.45) is 11.8 Å². The molecule has 6 heteroatoms. The largest absolute Gasteiger partial charge is 0.481 e. The van der Waals surface area contributed by atoms with Gasteiger partial charge in [0.1, 0.15) is 5.82 Å². The molecule has 4 nitrogen and oxygen atoms in total. The van der Waals surface area contributed by atoms with Gasteiger partial charge in [-0.3, -0.25) is 9.59 Å². The number of carbonyl (C=O) groups is 2. The lowest BCUT2D eigenvalue weighted by Crippen LogP contribution is -2.16. The van der Waals surface area contributed by atoms with Crippen LogP contribution in [-0.4, -0.2) is 17.0 Å². The number of halogens is 2. The number of rotatable bonds is 3. The first kappa shape index (κ1) is 11.9. The molecule has 0 bridgehead atoms. The van der Waals surface area contributed by atoms with Gasteiger partial charge in [-0.05, 0) is 24.6 Å². The number of carbonyl (C=O) groups excluding carboxylic acids is 1. The van der Waals surface area contributed by atoms with Crippen LogP contribution in [0.2, 0.25) is 5.02 Å². The molecule has 2 N–H and O–H groups in total. The van der Waals surface area contributed by atoms with E-state index in [1.807, 2.05) is 0 Å². The Morgan fingerprint density at radius 2 is 2.06 bits per heavy atom. The van der Waals surface area contributed by atoms with Crippen LogP contribution >= 0.6 is 11.6 Å². The van der Waals surface area contributed by atoms with E-state index in [9.17, 15) is 14.0 Å². The van der Waals surface area contributed by atoms with E-state index in [0.717, 1.165) is 12.1 Å². The van der Waals surface area contributed by atoms with Crippen molar-refractivity contribution in [3.05, 3.63) is 29.0 Å². The van der Waals surface area contributed by atoms with Gasteiger partial charge >= 0.3 is 5.97 Å². The maximum atomic E-state index is 13.0. The smallest absolute Gasteiger partial charge is 0.307 e. The minimum Gasteiger partial charge on any atom is -0.481 e. The summed E-state index contributed by atoms with van der Waals surface area (Å²) < 4.78 is 13.0. The Morgan fingerprint density at radius 1 is 1.35 bits per heavy atom. The Hall–Kier alpha value is -1.62. The number of carboxylic acids is 1. The topological polar surface area (TPSA) is 66.4 Å². The van der Waals surface area contributed by atoms with E-state index in [1.165, 1.54) is 6.07 Å². The number of hydrogen-bond acceptors (Lipinski definition) is 2. The molecular formula is C11H9ClFNO3. The van der Waals surface area contributed by atoms with E-state index in [2.05, 4.69) is 5.32 Å². The molecule has 90 valence electrons. The van der Waals surface area contributed by atoms with E-state index in [-0.39, 0.29) is 10.7 Å². The quantitative estimate of drug-likeness (QED) is 0.872. The highest BCUT2D eigenvalue weighted by atomic mass is 35.5. The molecule has 2 rings (SSSR count). The van der Waals surface area contributed by atoms with Gasteiger partial charge < -0.3 is 10.4 Å². The highest BCUT2D eigenvalue weighted by molar-refractivity contribution is 6.30. The van der Waals surface area contributed by atoms with Crippen LogP contribution in [-0.2, 0) is 9.59 Å². The maximum absolute atomic E-state index is 13.0. The molecule has 0 spiro atoms. The second-order valence-corrected chi connectivity index (χ2v) is 4.37. The van der Waals surface area contributed by atoms with Crippen molar-refractivity contribution >= 4 is 29.2 Å². The lowest BCUT2D eigenvalue weighted by molar-refractivity contribution is -0.139. The number of anilines is 1. The lowest BCUT2D eigenvalue weighted by atomic mass is 10.2. The third kappa shape index (κ3) is 2.74. The Kier molecular flexibility index (Phi) is 3.02. The molecule has 1 amide bonds. The van der Waals surface area contributed by atoms with Crippen LogP contribution in [0.1, 0.15) is 6.42 Å². The van der Waals surface area contributed by atoms with E-state index < -0.39 is 29.5 Å². The van der Waals surface area contributed by atoms with Gasteiger partial charge in [0.05, 0.1) is 11.8 Å². The van der Waals surface area contributed by atoms with Crippen molar-refractivity contribution in [3.63, 3.8) is 0 Å². The van der Waals surface area contributed by atoms with Crippen LogP contribution < -0.4 is 5.32 Å². The number of benzene rings is 1. The first-order valence-corrected chi connectivity index (χ1v) is 5.35. The molecule has 1 aromatic carbocycles. The van der Waals surface area contributed by atoms with Crippen molar-refractivity contribution < 1.29 is 19.1 Å². The zero-order chi connectivity index (χ0) is 12.6. The van der Waals surface area contributed by atoms with Gasteiger partial charge in [0.2, 0.25) is 5.91 Å². The summed E-state index contributed by atoms with van der Waals surface area (Å²) in [6.07, 6.45) is 0.324. The van der Waals surface area contributed by atoms with Gasteiger partial charge in [-0.1, -0.05) is 11.6 Å². The fraction of sp³-hybridized carbons (Fsp3) is 0.273. The predicted molar refractivity (Wildman–Crippen MR) is 59.3 cm³/mol. The van der Waals surface area contributed by atoms with Crippen molar-refractivity contribution in [2.75, 3.05) is 5.32 Å². The van der Waals surface area contributed by atoms with Crippen LogP contribution in [0.15, 0.2) is 18.2 Å². The molecule has 2 atom stereocenters. The van der Waals surface area contributed by atoms with E-state index in [4.69, 9.17) is 16.7 Å². The molecule has 1 saturated carbocycles. The van der Waals surface area contributed by atoms with Crippen LogP contribution in [0.25, 0.3) is 0 Å². The molecule has 0 aliphatic heterocycles. The second-order valence-electron chi connectivity index (χ2n) is 3.93. The number of amides is 1. The number of aliphatic carboxylic acids is 1. The minimum absolute atomic E-state index is 0.172. The zero-order valence-corrected chi connectivity index (χ0v) is 9.37. The second kappa shape index (κ2) is 4.33. The summed E-state index contributed by atoms with van der Waals surface area (Å²) in [5.41, 5.74) is 0.232. The maximum Gasteiger partial charge on any atom is 0.307 e. The monoisotopic (exact) mass is 257 g/mol. The van der Waals surface area contributed by atoms with E-state index in [1.54, 1.807) is 0 Å². The molecule has 1 aliphatic carbocycles. The van der Waals surface area contributed by atoms with Crippen molar-refractivity contribution in [3.8, 4) is 0 Å². The van der Waals surface area contributed by atoms with Crippen molar-refractivity contribution in [1.29, 1.82) is 0 Å². The number of carboxylic acid groups (broad SMARTS) is 1. The zero-order valence-electron chi connectivity index (χ0n) is 8.61. The van der Waals surface area contributed by atoms with Gasteiger partial charge in [-0.25, -0.2) is 4.39 Å². The fourth-order valence-corrected chi connectivity index (χ4v) is 1.84. The Balaban J connectivity index is 2.02. The molecule has 1 aromatic rings. The number of nitrogens with one attached hydrogen (secondary N) is 1. The van der Waals surface area contributed by atoms with Crippen molar-refractivity contribution in [2.45, 2.75) is 6.42 Å². The Morgan fingerprint density at radius 3 is 2.59 bits per heavy atom. The van der Waals surface area contributed by atoms with Gasteiger partial charge in [0.15, 0.2) is 0 Å². The highest BCUT2D eigenvalue weighted by Gasteiger charge is 2.48. The highest BCUT2D eigenvalue weighted by Crippen LogP contribution is 2.39. The van der Waals surface area contributed by atoms with Crippen LogP contribution in [0.3, 0.4) is 0 Å². The Bertz CT molecular complexity index is 471. The molecule has 1 fully saturated rings. The predicted octanol–water partition coefficient (Wildman–Crippen LogP) is 2.14. The minimum atomic E-state index is -0.984. The molecule has 0 saturated heterocycles. The first-order valence-electron chi connectivity index (χ1n) is 4.97. The van der Waals surface area contributed by atoms with Crippen molar-refractivity contribution in [1.82, 2.24) is 0 Å². The summed E-state index contributed by atoms with van der Waals surface area (Å²) in [6.45, 7) is 0. The summed E-state index contributed by atoms with van der Waals surface area (Å²) in [4.78, 5) is 22.1. The van der Waals surface area contributed by atoms with Crippen LogP contribution in [0, 0.1) is 17.7 Å². The number of hydrogen-bond donors (Lipinski definition) is 2. The summed E-state index contributed by atoms with van der Waals surface area (Å²) in [5, 5.41) is 11.3. The van der Waals surface area contributed by atoms with Gasteiger partial charge in [0.25, 0.3) is 0 Å². The molecule has 17 heavy (non-hydrogen) atoms. The summed E-state index contributed by atoms with van der Waals surface area (Å²) in [6, 6.07) is 3.65. The Labute approximate surface area is 101 Å². The van der Waals surface area contributed by atoms with E-state index in [0.29, 0.717) is 6.42 Å². The normalized spacial score (nSPS) is 22.0. The molecular weight excluding hydrogens is 249 g/mol. The SMILES string of the molecule is O=C(O)[C@H]1C[C@H]1C(=O)Nc1cc(F)cc(Cl)c1. The first-order chi connectivity index (χ1) is 7.97. The van der Waals surface area contributed by atoms with E-state index >= 15 is 0 Å².